The van der Waals surface area contributed by atoms with Gasteiger partial charge < -0.3 is 25.6 Å². The van der Waals surface area contributed by atoms with Crippen LogP contribution in [0.25, 0.3) is 0 Å². The van der Waals surface area contributed by atoms with Gasteiger partial charge in [-0.05, 0) is 42.9 Å². The summed E-state index contributed by atoms with van der Waals surface area (Å²) >= 11 is 6.45. The van der Waals surface area contributed by atoms with Gasteiger partial charge in [0.25, 0.3) is 0 Å². The number of nitrogens with zero attached hydrogens (tertiary/aromatic N) is 6. The van der Waals surface area contributed by atoms with Crippen LogP contribution < -0.4 is 20.7 Å². The fourth-order valence-electron chi connectivity index (χ4n) is 4.91. The summed E-state index contributed by atoms with van der Waals surface area (Å²) < 4.78 is 5.80. The van der Waals surface area contributed by atoms with Crippen molar-refractivity contribution in [3.8, 4) is 11.8 Å². The van der Waals surface area contributed by atoms with Crippen molar-refractivity contribution in [3.63, 3.8) is 0 Å². The quantitative estimate of drug-likeness (QED) is 0.419. The van der Waals surface area contributed by atoms with Crippen molar-refractivity contribution in [3.05, 3.63) is 64.8 Å². The van der Waals surface area contributed by atoms with E-state index in [1.165, 1.54) is 6.20 Å². The minimum Gasteiger partial charge on any atom is -0.490 e. The highest BCUT2D eigenvalue weighted by atomic mass is 35.5. The Morgan fingerprint density at radius 3 is 2.64 bits per heavy atom. The molecule has 1 saturated heterocycles. The van der Waals surface area contributed by atoms with Crippen molar-refractivity contribution < 1.29 is 9.53 Å². The zero-order chi connectivity index (χ0) is 29.3. The largest absolute Gasteiger partial charge is 0.490 e. The van der Waals surface area contributed by atoms with E-state index in [1.807, 2.05) is 12.1 Å². The normalized spacial score (nSPS) is 17.6. The van der Waals surface area contributed by atoms with Crippen LogP contribution in [0.2, 0.25) is 5.02 Å². The summed E-state index contributed by atoms with van der Waals surface area (Å²) in [5.41, 5.74) is 2.89. The molecule has 0 aliphatic carbocycles. The molecule has 6 bridgehead atoms. The molecule has 3 aliphatic rings. The van der Waals surface area contributed by atoms with Crippen molar-refractivity contribution in [2.45, 2.75) is 13.0 Å². The van der Waals surface area contributed by atoms with Crippen LogP contribution >= 0.6 is 11.6 Å². The average Bonchev–Trinajstić information content (AvgIpc) is 2.98. The third kappa shape index (κ3) is 8.30. The third-order valence-corrected chi connectivity index (χ3v) is 7.65. The Morgan fingerprint density at radius 2 is 1.83 bits per heavy atom. The van der Waals surface area contributed by atoms with Crippen molar-refractivity contribution in [2.24, 2.45) is 0 Å². The zero-order valence-electron chi connectivity index (χ0n) is 23.8. The smallest absolute Gasteiger partial charge is 0.229 e. The van der Waals surface area contributed by atoms with Crippen molar-refractivity contribution in [2.75, 3.05) is 76.6 Å². The fourth-order valence-corrected chi connectivity index (χ4v) is 5.15. The maximum Gasteiger partial charge on any atom is 0.229 e. The van der Waals surface area contributed by atoms with E-state index in [-0.39, 0.29) is 5.91 Å². The van der Waals surface area contributed by atoms with Crippen LogP contribution in [-0.4, -0.2) is 96.6 Å². The minimum atomic E-state index is -0.0166. The van der Waals surface area contributed by atoms with Crippen molar-refractivity contribution in [1.82, 2.24) is 30.0 Å². The highest BCUT2D eigenvalue weighted by Gasteiger charge is 2.17. The Bertz CT molecular complexity index is 1420. The predicted octanol–water partition coefficient (Wildman–Crippen LogP) is 3.44. The molecule has 4 heterocycles. The maximum absolute atomic E-state index is 12.7. The molecule has 2 aromatic carbocycles. The SMILES string of the molecule is CN1CCN(CCN2CCC(=O)NCCOc3ccc(cc3Cl)Nc3ncc(C#N)c(n3)Nc3cccc(c3)C2)CC1. The van der Waals surface area contributed by atoms with E-state index in [0.717, 1.165) is 50.5 Å². The number of amides is 1. The average molecular weight is 590 g/mol. The standard InChI is InChI=1S/C30H36ClN9O2/c1-38-10-12-39(13-11-38)14-15-40-9-7-28(41)33-8-16-42-27-6-5-25(18-26(27)31)36-30-34-20-23(19-32)29(37-30)35-24-4-2-3-22(17-24)21-40/h2-6,17-18,20H,7-16,21H2,1H3,(H,33,41)(H2,34,35,36,37). The van der Waals surface area contributed by atoms with Crippen molar-refractivity contribution >= 4 is 40.6 Å². The number of carbonyl (C=O) groups excluding carboxylic acids is 1. The van der Waals surface area contributed by atoms with Gasteiger partial charge in [-0.2, -0.15) is 10.2 Å². The highest BCUT2D eigenvalue weighted by Crippen LogP contribution is 2.29. The lowest BCUT2D eigenvalue weighted by atomic mass is 10.1. The van der Waals surface area contributed by atoms with Gasteiger partial charge in [-0.15, -0.1) is 0 Å². The van der Waals surface area contributed by atoms with E-state index in [4.69, 9.17) is 16.3 Å². The topological polar surface area (TPSA) is 122 Å². The van der Waals surface area contributed by atoms with E-state index >= 15 is 0 Å². The van der Waals surface area contributed by atoms with Gasteiger partial charge >= 0.3 is 0 Å². The lowest BCUT2D eigenvalue weighted by Crippen LogP contribution is -2.47. The van der Waals surface area contributed by atoms with Crippen LogP contribution in [0.1, 0.15) is 17.5 Å². The number of ether oxygens (including phenoxy) is 1. The number of rotatable bonds is 3. The Labute approximate surface area is 251 Å². The molecule has 12 heteroatoms. The molecule has 220 valence electrons. The van der Waals surface area contributed by atoms with Gasteiger partial charge in [-0.25, -0.2) is 4.98 Å². The predicted molar refractivity (Wildman–Crippen MR) is 164 cm³/mol. The number of hydrogen-bond acceptors (Lipinski definition) is 10. The molecule has 6 rings (SSSR count). The molecule has 0 saturated carbocycles. The van der Waals surface area contributed by atoms with Crippen LogP contribution in [0, 0.1) is 11.3 Å². The Morgan fingerprint density at radius 1 is 1.02 bits per heavy atom. The molecule has 3 N–H and O–H groups in total. The van der Waals surface area contributed by atoms with Crippen LogP contribution in [0.5, 0.6) is 5.75 Å². The molecule has 0 radical (unpaired) electrons. The molecule has 0 spiro atoms. The Kier molecular flexibility index (Phi) is 10.0. The summed E-state index contributed by atoms with van der Waals surface area (Å²) in [7, 11) is 2.16. The van der Waals surface area contributed by atoms with Gasteiger partial charge in [0.1, 0.15) is 24.0 Å². The number of likely N-dealkylation sites (N-methyl/N-ethyl adjacent to an activating group) is 1. The molecule has 3 aromatic rings. The van der Waals surface area contributed by atoms with Crippen molar-refractivity contribution in [1.29, 1.82) is 5.26 Å². The first-order valence-electron chi connectivity index (χ1n) is 14.2. The van der Waals surface area contributed by atoms with E-state index < -0.39 is 0 Å². The second kappa shape index (κ2) is 14.3. The van der Waals surface area contributed by atoms with E-state index in [9.17, 15) is 10.1 Å². The van der Waals surface area contributed by atoms with Gasteiger partial charge in [-0.3, -0.25) is 14.6 Å². The second-order valence-corrected chi connectivity index (χ2v) is 10.9. The molecule has 0 unspecified atom stereocenters. The molecule has 3 aliphatic heterocycles. The number of aromatic nitrogens is 2. The van der Waals surface area contributed by atoms with E-state index in [1.54, 1.807) is 18.2 Å². The number of halogens is 1. The Balaban J connectivity index is 1.37. The third-order valence-electron chi connectivity index (χ3n) is 7.36. The number of carbonyl (C=O) groups is 1. The molecule has 1 fully saturated rings. The molecule has 42 heavy (non-hydrogen) atoms. The minimum absolute atomic E-state index is 0.0166. The zero-order valence-corrected chi connectivity index (χ0v) is 24.5. The second-order valence-electron chi connectivity index (χ2n) is 10.5. The maximum atomic E-state index is 12.7. The summed E-state index contributed by atoms with van der Waals surface area (Å²) in [6.45, 7) is 8.03. The molecular formula is C30H36ClN9O2. The Hall–Kier alpha value is -3.95. The number of piperazine rings is 1. The van der Waals surface area contributed by atoms with Crippen LogP contribution in [-0.2, 0) is 11.3 Å². The van der Waals surface area contributed by atoms with E-state index in [0.29, 0.717) is 66.5 Å². The number of nitrogens with one attached hydrogen (secondary N) is 3. The summed E-state index contributed by atoms with van der Waals surface area (Å²) in [6.07, 6.45) is 1.87. The summed E-state index contributed by atoms with van der Waals surface area (Å²) in [4.78, 5) is 28.7. The number of anilines is 4. The molecule has 1 amide bonds. The van der Waals surface area contributed by atoms with Crippen LogP contribution in [0.15, 0.2) is 48.7 Å². The fraction of sp³-hybridized carbons (Fsp3) is 0.400. The van der Waals surface area contributed by atoms with Gasteiger partial charge in [0.15, 0.2) is 5.82 Å². The van der Waals surface area contributed by atoms with Gasteiger partial charge in [0.2, 0.25) is 11.9 Å². The van der Waals surface area contributed by atoms with Gasteiger partial charge in [0, 0.05) is 70.2 Å². The number of benzene rings is 2. The molecule has 11 nitrogen and oxygen atoms in total. The first kappa shape index (κ1) is 29.5. The van der Waals surface area contributed by atoms with Crippen LogP contribution in [0.3, 0.4) is 0 Å². The van der Waals surface area contributed by atoms with E-state index in [2.05, 4.69) is 65.9 Å². The highest BCUT2D eigenvalue weighted by molar-refractivity contribution is 6.32. The first-order valence-corrected chi connectivity index (χ1v) is 14.6. The lowest BCUT2D eigenvalue weighted by molar-refractivity contribution is -0.121. The number of nitriles is 1. The van der Waals surface area contributed by atoms with Crippen LogP contribution in [0.4, 0.5) is 23.1 Å². The number of fused-ring (bicyclic) bond motifs is 10. The molecular weight excluding hydrogens is 554 g/mol. The monoisotopic (exact) mass is 589 g/mol. The van der Waals surface area contributed by atoms with Gasteiger partial charge in [-0.1, -0.05) is 23.7 Å². The summed E-state index contributed by atoms with van der Waals surface area (Å²) in [5, 5.41) is 19.5. The molecule has 1 aromatic heterocycles. The first-order chi connectivity index (χ1) is 20.4. The van der Waals surface area contributed by atoms with Gasteiger partial charge in [0.05, 0.1) is 17.8 Å². The molecule has 0 atom stereocenters. The lowest BCUT2D eigenvalue weighted by Gasteiger charge is -2.34. The number of hydrogen-bond donors (Lipinski definition) is 3. The summed E-state index contributed by atoms with van der Waals surface area (Å²) in [6, 6.07) is 15.5. The summed E-state index contributed by atoms with van der Waals surface area (Å²) in [5.74, 6) is 1.21.